The second-order valence-corrected chi connectivity index (χ2v) is 4.50. The predicted octanol–water partition coefficient (Wildman–Crippen LogP) is 2.18. The molecule has 90 valence electrons. The van der Waals surface area contributed by atoms with E-state index in [0.717, 1.165) is 13.0 Å². The van der Waals surface area contributed by atoms with E-state index in [-0.39, 0.29) is 6.42 Å². The Morgan fingerprint density at radius 2 is 1.93 bits per heavy atom. The van der Waals surface area contributed by atoms with Crippen LogP contribution in [0.15, 0.2) is 0 Å². The van der Waals surface area contributed by atoms with Crippen LogP contribution in [0.4, 0.5) is 13.2 Å². The van der Waals surface area contributed by atoms with E-state index in [0.29, 0.717) is 19.4 Å². The van der Waals surface area contributed by atoms with Crippen LogP contribution < -0.4 is 0 Å². The van der Waals surface area contributed by atoms with E-state index in [1.54, 1.807) is 0 Å². The summed E-state index contributed by atoms with van der Waals surface area (Å²) in [5.74, 6) is 0. The Bertz CT molecular complexity index is 207. The molecule has 0 aromatic heterocycles. The molecule has 5 heteroatoms. The summed E-state index contributed by atoms with van der Waals surface area (Å²) < 4.78 is 36.1. The molecule has 1 aliphatic rings. The second-order valence-electron chi connectivity index (χ2n) is 4.50. The maximum atomic E-state index is 12.0. The number of hydrogen-bond donors (Lipinski definition) is 1. The van der Waals surface area contributed by atoms with Gasteiger partial charge in [-0.25, -0.2) is 0 Å². The molecule has 0 aromatic rings. The Morgan fingerprint density at radius 3 is 2.53 bits per heavy atom. The van der Waals surface area contributed by atoms with Gasteiger partial charge in [0.1, 0.15) is 0 Å². The van der Waals surface area contributed by atoms with Crippen LogP contribution in [-0.2, 0) is 0 Å². The maximum absolute atomic E-state index is 12.0. The van der Waals surface area contributed by atoms with Gasteiger partial charge in [-0.2, -0.15) is 13.2 Å². The third-order valence-electron chi connectivity index (χ3n) is 3.01. The zero-order chi connectivity index (χ0) is 11.5. The molecule has 1 unspecified atom stereocenters. The van der Waals surface area contributed by atoms with Crippen molar-refractivity contribution in [3.8, 4) is 0 Å². The average Bonchev–Trinajstić information content (AvgIpc) is 2.26. The summed E-state index contributed by atoms with van der Waals surface area (Å²) in [5.41, 5.74) is -1.11. The molecule has 0 amide bonds. The van der Waals surface area contributed by atoms with E-state index in [9.17, 15) is 18.3 Å². The van der Waals surface area contributed by atoms with Crippen LogP contribution >= 0.6 is 0 Å². The molecule has 1 N–H and O–H groups in total. The molecular formula is C10H18F3NO. The summed E-state index contributed by atoms with van der Waals surface area (Å²) >= 11 is 0. The third kappa shape index (κ3) is 4.84. The zero-order valence-corrected chi connectivity index (χ0v) is 8.98. The van der Waals surface area contributed by atoms with E-state index in [2.05, 4.69) is 0 Å². The fourth-order valence-corrected chi connectivity index (χ4v) is 1.94. The lowest BCUT2D eigenvalue weighted by Crippen LogP contribution is -2.31. The van der Waals surface area contributed by atoms with Crippen LogP contribution in [0.5, 0.6) is 0 Å². The van der Waals surface area contributed by atoms with Crippen molar-refractivity contribution in [3.05, 3.63) is 0 Å². The van der Waals surface area contributed by atoms with Crippen LogP contribution in [0.2, 0.25) is 0 Å². The van der Waals surface area contributed by atoms with Crippen LogP contribution in [0.3, 0.4) is 0 Å². The molecule has 1 saturated heterocycles. The van der Waals surface area contributed by atoms with Gasteiger partial charge in [-0.1, -0.05) is 0 Å². The first-order chi connectivity index (χ1) is 6.81. The van der Waals surface area contributed by atoms with Gasteiger partial charge in [-0.15, -0.1) is 0 Å². The minimum atomic E-state index is -4.16. The Balaban J connectivity index is 2.43. The summed E-state index contributed by atoms with van der Waals surface area (Å²) in [6.45, 7) is 1.53. The molecule has 1 rings (SSSR count). The van der Waals surface area contributed by atoms with Crippen LogP contribution in [0.1, 0.15) is 32.1 Å². The molecule has 2 nitrogen and oxygen atoms in total. The number of halogens is 3. The van der Waals surface area contributed by atoms with Crippen LogP contribution in [0, 0.1) is 0 Å². The number of alkyl halides is 3. The van der Waals surface area contributed by atoms with Gasteiger partial charge >= 0.3 is 6.18 Å². The quantitative estimate of drug-likeness (QED) is 0.778. The lowest BCUT2D eigenvalue weighted by molar-refractivity contribution is -0.147. The Labute approximate surface area is 88.1 Å². The first-order valence-electron chi connectivity index (χ1n) is 5.28. The van der Waals surface area contributed by atoms with Gasteiger partial charge in [-0.3, -0.25) is 0 Å². The van der Waals surface area contributed by atoms with Crippen LogP contribution in [0.25, 0.3) is 0 Å². The Hall–Kier alpha value is -0.290. The standard InChI is InChI=1S/C10H18F3NO/c1-14-7-2-3-9(15,6-8-14)4-5-10(11,12)13/h15H,2-8H2,1H3. The summed E-state index contributed by atoms with van der Waals surface area (Å²) in [7, 11) is 1.93. The highest BCUT2D eigenvalue weighted by atomic mass is 19.4. The second kappa shape index (κ2) is 4.70. The van der Waals surface area contributed by atoms with Crippen molar-refractivity contribution in [3.63, 3.8) is 0 Å². The number of rotatable bonds is 2. The largest absolute Gasteiger partial charge is 0.390 e. The predicted molar refractivity (Wildman–Crippen MR) is 51.6 cm³/mol. The molecular weight excluding hydrogens is 207 g/mol. The van der Waals surface area contributed by atoms with Crippen molar-refractivity contribution in [2.75, 3.05) is 20.1 Å². The van der Waals surface area contributed by atoms with Gasteiger partial charge in [-0.05, 0) is 39.3 Å². The average molecular weight is 225 g/mol. The molecule has 0 spiro atoms. The van der Waals surface area contributed by atoms with Gasteiger partial charge < -0.3 is 10.0 Å². The van der Waals surface area contributed by atoms with E-state index in [1.807, 2.05) is 11.9 Å². The summed E-state index contributed by atoms with van der Waals surface area (Å²) in [6.07, 6.45) is -3.51. The van der Waals surface area contributed by atoms with Crippen molar-refractivity contribution in [1.29, 1.82) is 0 Å². The van der Waals surface area contributed by atoms with Gasteiger partial charge in [0.05, 0.1) is 5.60 Å². The maximum Gasteiger partial charge on any atom is 0.389 e. The van der Waals surface area contributed by atoms with Gasteiger partial charge in [0, 0.05) is 13.0 Å². The smallest absolute Gasteiger partial charge is 0.389 e. The minimum absolute atomic E-state index is 0.162. The van der Waals surface area contributed by atoms with Gasteiger partial charge in [0.25, 0.3) is 0 Å². The molecule has 0 aromatic carbocycles. The SMILES string of the molecule is CN1CCCC(O)(CCC(F)(F)F)CC1. The Kier molecular flexibility index (Phi) is 4.00. The van der Waals surface area contributed by atoms with Gasteiger partial charge in [0.2, 0.25) is 0 Å². The zero-order valence-electron chi connectivity index (χ0n) is 8.98. The molecule has 1 aliphatic heterocycles. The molecule has 15 heavy (non-hydrogen) atoms. The monoisotopic (exact) mass is 225 g/mol. The number of aliphatic hydroxyl groups is 1. The highest BCUT2D eigenvalue weighted by Gasteiger charge is 2.35. The number of nitrogens with zero attached hydrogens (tertiary/aromatic N) is 1. The fourth-order valence-electron chi connectivity index (χ4n) is 1.94. The lowest BCUT2D eigenvalue weighted by atomic mass is 9.90. The number of likely N-dealkylation sites (tertiary alicyclic amines) is 1. The molecule has 1 fully saturated rings. The molecule has 0 aliphatic carbocycles. The fraction of sp³-hybridized carbons (Fsp3) is 1.00. The highest BCUT2D eigenvalue weighted by Crippen LogP contribution is 2.31. The molecule has 1 heterocycles. The molecule has 0 saturated carbocycles. The normalized spacial score (nSPS) is 30.2. The van der Waals surface area contributed by atoms with Crippen molar-refractivity contribution in [1.82, 2.24) is 4.90 Å². The summed E-state index contributed by atoms with van der Waals surface area (Å²) in [5, 5.41) is 10.0. The van der Waals surface area contributed by atoms with Crippen LogP contribution in [-0.4, -0.2) is 41.9 Å². The van der Waals surface area contributed by atoms with E-state index < -0.39 is 18.2 Å². The summed E-state index contributed by atoms with van der Waals surface area (Å²) in [4.78, 5) is 2.05. The van der Waals surface area contributed by atoms with Crippen molar-refractivity contribution < 1.29 is 18.3 Å². The van der Waals surface area contributed by atoms with E-state index in [1.165, 1.54) is 0 Å². The topological polar surface area (TPSA) is 23.5 Å². The van der Waals surface area contributed by atoms with Crippen molar-refractivity contribution >= 4 is 0 Å². The molecule has 0 radical (unpaired) electrons. The van der Waals surface area contributed by atoms with Gasteiger partial charge in [0.15, 0.2) is 0 Å². The number of hydrogen-bond acceptors (Lipinski definition) is 2. The first kappa shape index (κ1) is 12.8. The molecule has 0 bridgehead atoms. The van der Waals surface area contributed by atoms with E-state index in [4.69, 9.17) is 0 Å². The van der Waals surface area contributed by atoms with E-state index >= 15 is 0 Å². The Morgan fingerprint density at radius 1 is 1.27 bits per heavy atom. The molecule has 1 atom stereocenters. The van der Waals surface area contributed by atoms with Crippen molar-refractivity contribution in [2.45, 2.75) is 43.9 Å². The minimum Gasteiger partial charge on any atom is -0.390 e. The summed E-state index contributed by atoms with van der Waals surface area (Å²) in [6, 6.07) is 0. The van der Waals surface area contributed by atoms with Crippen molar-refractivity contribution in [2.24, 2.45) is 0 Å². The third-order valence-corrected chi connectivity index (χ3v) is 3.01. The highest BCUT2D eigenvalue weighted by molar-refractivity contribution is 4.83. The first-order valence-corrected chi connectivity index (χ1v) is 5.28. The lowest BCUT2D eigenvalue weighted by Gasteiger charge is -2.27.